The molecule has 1 heterocycles. The number of aliphatic hydroxyl groups excluding tert-OH is 1. The van der Waals surface area contributed by atoms with E-state index in [-0.39, 0.29) is 24.9 Å². The number of rotatable bonds is 7. The molecular weight excluding hydrogens is 301 g/mol. The number of nitrogens with zero attached hydrogens (tertiary/aromatic N) is 5. The number of amides is 1. The van der Waals surface area contributed by atoms with Crippen molar-refractivity contribution in [2.75, 3.05) is 19.7 Å². The highest BCUT2D eigenvalue weighted by molar-refractivity contribution is 5.80. The highest BCUT2D eigenvalue weighted by Crippen LogP contribution is 2.18. The van der Waals surface area contributed by atoms with Gasteiger partial charge in [-0.05, 0) is 42.0 Å². The maximum absolute atomic E-state index is 13.1. The van der Waals surface area contributed by atoms with E-state index < -0.39 is 6.04 Å². The van der Waals surface area contributed by atoms with E-state index in [0.717, 1.165) is 5.56 Å². The van der Waals surface area contributed by atoms with Crippen LogP contribution in [-0.2, 0) is 11.2 Å². The topological polar surface area (TPSA) is 84.1 Å². The third-order valence-electron chi connectivity index (χ3n) is 3.64. The number of carbonyl (C=O) groups excluding carboxylic acids is 1. The summed E-state index contributed by atoms with van der Waals surface area (Å²) in [6.45, 7) is 4.16. The van der Waals surface area contributed by atoms with Crippen molar-refractivity contribution >= 4 is 5.91 Å². The molecule has 2 rings (SSSR count). The molecule has 7 nitrogen and oxygen atoms in total. The van der Waals surface area contributed by atoms with Crippen LogP contribution >= 0.6 is 0 Å². The third-order valence-corrected chi connectivity index (χ3v) is 3.64. The van der Waals surface area contributed by atoms with Crippen molar-refractivity contribution in [3.05, 3.63) is 41.5 Å². The van der Waals surface area contributed by atoms with Gasteiger partial charge in [0.25, 0.3) is 0 Å². The minimum absolute atomic E-state index is 0.114. The van der Waals surface area contributed by atoms with Gasteiger partial charge in [-0.15, -0.1) is 5.10 Å². The van der Waals surface area contributed by atoms with Gasteiger partial charge in [0, 0.05) is 19.5 Å². The van der Waals surface area contributed by atoms with Crippen LogP contribution in [0.15, 0.2) is 24.3 Å². The number of carbonyl (C=O) groups is 1. The Morgan fingerprint density at radius 3 is 2.61 bits per heavy atom. The number of likely N-dealkylation sites (N-methyl/N-ethyl adjacent to an activating group) is 1. The fourth-order valence-corrected chi connectivity index (χ4v) is 2.40. The summed E-state index contributed by atoms with van der Waals surface area (Å²) in [5.74, 6) is 0.0116. The molecule has 0 radical (unpaired) electrons. The van der Waals surface area contributed by atoms with Gasteiger partial charge in [0.1, 0.15) is 17.7 Å². The van der Waals surface area contributed by atoms with Gasteiger partial charge < -0.3 is 10.0 Å². The average Bonchev–Trinajstić information content (AvgIpc) is 2.97. The highest BCUT2D eigenvalue weighted by atomic mass is 19.1. The van der Waals surface area contributed by atoms with E-state index in [1.165, 1.54) is 16.8 Å². The Bertz CT molecular complexity index is 644. The van der Waals surface area contributed by atoms with Gasteiger partial charge in [-0.1, -0.05) is 12.1 Å². The lowest BCUT2D eigenvalue weighted by molar-refractivity contribution is -0.135. The molecule has 0 fully saturated rings. The van der Waals surface area contributed by atoms with Crippen molar-refractivity contribution in [2.45, 2.75) is 26.3 Å². The van der Waals surface area contributed by atoms with Crippen molar-refractivity contribution in [1.29, 1.82) is 0 Å². The SMILES string of the molecule is CCN(CCO)C(=O)C(Cc1ccc(F)cc1)n1nnnc1C. The fourth-order valence-electron chi connectivity index (χ4n) is 2.40. The minimum Gasteiger partial charge on any atom is -0.395 e. The lowest BCUT2D eigenvalue weighted by Crippen LogP contribution is -2.40. The van der Waals surface area contributed by atoms with Crippen molar-refractivity contribution in [1.82, 2.24) is 25.1 Å². The summed E-state index contributed by atoms with van der Waals surface area (Å²) in [7, 11) is 0. The Morgan fingerprint density at radius 1 is 1.39 bits per heavy atom. The summed E-state index contributed by atoms with van der Waals surface area (Å²) in [6, 6.07) is 5.35. The molecule has 2 aromatic rings. The van der Waals surface area contributed by atoms with Gasteiger partial charge in [-0.2, -0.15) is 0 Å². The summed E-state index contributed by atoms with van der Waals surface area (Å²) in [5.41, 5.74) is 0.805. The van der Waals surface area contributed by atoms with Crippen LogP contribution in [0.5, 0.6) is 0 Å². The molecule has 8 heteroatoms. The normalized spacial score (nSPS) is 12.2. The number of aryl methyl sites for hydroxylation is 1. The second kappa shape index (κ2) is 7.77. The van der Waals surface area contributed by atoms with E-state index >= 15 is 0 Å². The van der Waals surface area contributed by atoms with Gasteiger partial charge in [-0.25, -0.2) is 9.07 Å². The molecule has 23 heavy (non-hydrogen) atoms. The van der Waals surface area contributed by atoms with Crippen LogP contribution in [0.4, 0.5) is 4.39 Å². The van der Waals surface area contributed by atoms with Crippen molar-refractivity contribution in [2.24, 2.45) is 0 Å². The van der Waals surface area contributed by atoms with Crippen LogP contribution in [0.3, 0.4) is 0 Å². The number of hydrogen-bond acceptors (Lipinski definition) is 5. The van der Waals surface area contributed by atoms with Crippen LogP contribution in [0.25, 0.3) is 0 Å². The van der Waals surface area contributed by atoms with Gasteiger partial charge in [0.05, 0.1) is 6.61 Å². The van der Waals surface area contributed by atoms with Crippen molar-refractivity contribution < 1.29 is 14.3 Å². The van der Waals surface area contributed by atoms with Crippen LogP contribution in [0.1, 0.15) is 24.4 Å². The van der Waals surface area contributed by atoms with Gasteiger partial charge >= 0.3 is 0 Å². The molecule has 1 amide bonds. The van der Waals surface area contributed by atoms with E-state index in [1.54, 1.807) is 24.0 Å². The van der Waals surface area contributed by atoms with E-state index in [1.807, 2.05) is 6.92 Å². The van der Waals surface area contributed by atoms with Gasteiger partial charge in [0.15, 0.2) is 0 Å². The fraction of sp³-hybridized carbons (Fsp3) is 0.467. The molecule has 1 aromatic carbocycles. The highest BCUT2D eigenvalue weighted by Gasteiger charge is 2.27. The van der Waals surface area contributed by atoms with Gasteiger partial charge in [0.2, 0.25) is 5.91 Å². The lowest BCUT2D eigenvalue weighted by Gasteiger charge is -2.26. The summed E-state index contributed by atoms with van der Waals surface area (Å²) >= 11 is 0. The van der Waals surface area contributed by atoms with E-state index in [2.05, 4.69) is 15.5 Å². The number of aromatic nitrogens is 4. The molecule has 0 aliphatic carbocycles. The average molecular weight is 321 g/mol. The maximum Gasteiger partial charge on any atom is 0.248 e. The summed E-state index contributed by atoms with van der Waals surface area (Å²) in [6.07, 6.45) is 0.340. The summed E-state index contributed by atoms with van der Waals surface area (Å²) in [5, 5.41) is 20.4. The standard InChI is InChI=1S/C15H20FN5O2/c1-3-20(8-9-22)15(23)14(21-11(2)17-18-19-21)10-12-4-6-13(16)7-5-12/h4-7,14,22H,3,8-10H2,1-2H3. The van der Waals surface area contributed by atoms with Crippen LogP contribution < -0.4 is 0 Å². The molecule has 0 saturated carbocycles. The monoisotopic (exact) mass is 321 g/mol. The molecule has 0 spiro atoms. The molecule has 1 unspecified atom stereocenters. The maximum atomic E-state index is 13.1. The Hall–Kier alpha value is -2.35. The van der Waals surface area contributed by atoms with E-state index in [0.29, 0.717) is 18.8 Å². The minimum atomic E-state index is -0.637. The zero-order chi connectivity index (χ0) is 16.8. The molecule has 0 bridgehead atoms. The first-order valence-corrected chi connectivity index (χ1v) is 7.45. The Balaban J connectivity index is 2.30. The quantitative estimate of drug-likeness (QED) is 0.813. The number of benzene rings is 1. The first kappa shape index (κ1) is 17.0. The zero-order valence-corrected chi connectivity index (χ0v) is 13.2. The number of hydrogen-bond donors (Lipinski definition) is 1. The van der Waals surface area contributed by atoms with Gasteiger partial charge in [-0.3, -0.25) is 4.79 Å². The van der Waals surface area contributed by atoms with Crippen molar-refractivity contribution in [3.63, 3.8) is 0 Å². The Kier molecular flexibility index (Phi) is 5.75. The molecule has 0 aliphatic rings. The molecule has 1 N–H and O–H groups in total. The summed E-state index contributed by atoms with van der Waals surface area (Å²) in [4.78, 5) is 14.4. The third kappa shape index (κ3) is 4.10. The van der Waals surface area contributed by atoms with Crippen molar-refractivity contribution in [3.8, 4) is 0 Å². The summed E-state index contributed by atoms with van der Waals surface area (Å²) < 4.78 is 14.5. The number of halogens is 1. The predicted molar refractivity (Wildman–Crippen MR) is 81.0 cm³/mol. The molecule has 0 aliphatic heterocycles. The first-order chi connectivity index (χ1) is 11.1. The zero-order valence-electron chi connectivity index (χ0n) is 13.2. The van der Waals surface area contributed by atoms with Crippen LogP contribution in [-0.4, -0.2) is 55.8 Å². The first-order valence-electron chi connectivity index (χ1n) is 7.45. The molecule has 0 saturated heterocycles. The lowest BCUT2D eigenvalue weighted by atomic mass is 10.0. The Morgan fingerprint density at radius 2 is 2.09 bits per heavy atom. The molecule has 124 valence electrons. The smallest absolute Gasteiger partial charge is 0.248 e. The molecular formula is C15H20FN5O2. The number of tetrazole rings is 1. The number of aliphatic hydroxyl groups is 1. The second-order valence-electron chi connectivity index (χ2n) is 5.16. The van der Waals surface area contributed by atoms with Crippen LogP contribution in [0.2, 0.25) is 0 Å². The molecule has 1 aromatic heterocycles. The second-order valence-corrected chi connectivity index (χ2v) is 5.16. The molecule has 1 atom stereocenters. The van der Waals surface area contributed by atoms with E-state index in [9.17, 15) is 9.18 Å². The Labute approximate surface area is 133 Å². The van der Waals surface area contributed by atoms with E-state index in [4.69, 9.17) is 5.11 Å². The largest absolute Gasteiger partial charge is 0.395 e. The predicted octanol–water partition coefficient (Wildman–Crippen LogP) is 0.745. The van der Waals surface area contributed by atoms with Crippen LogP contribution in [0, 0.1) is 12.7 Å².